The van der Waals surface area contributed by atoms with Gasteiger partial charge in [-0.05, 0) is 12.1 Å². The number of sulfonamides is 1. The summed E-state index contributed by atoms with van der Waals surface area (Å²) < 4.78 is 65.3. The molecule has 0 radical (unpaired) electrons. The predicted molar refractivity (Wildman–Crippen MR) is 72.2 cm³/mol. The first-order valence-corrected chi connectivity index (χ1v) is 8.00. The molecule has 1 heterocycles. The third kappa shape index (κ3) is 3.55. The van der Waals surface area contributed by atoms with Crippen molar-refractivity contribution in [3.05, 3.63) is 46.6 Å². The molecule has 0 unspecified atom stereocenters. The van der Waals surface area contributed by atoms with Gasteiger partial charge in [-0.1, -0.05) is 0 Å². The van der Waals surface area contributed by atoms with E-state index in [2.05, 4.69) is 0 Å². The van der Waals surface area contributed by atoms with Gasteiger partial charge in [-0.3, -0.25) is 4.72 Å². The number of benzene rings is 1. The Morgan fingerprint density at radius 2 is 1.76 bits per heavy atom. The largest absolute Gasteiger partial charge is 0.396 e. The summed E-state index contributed by atoms with van der Waals surface area (Å²) in [5, 5.41) is 8.77. The lowest BCUT2D eigenvalue weighted by molar-refractivity contribution is 0.300. The molecule has 0 aliphatic heterocycles. The quantitative estimate of drug-likeness (QED) is 0.881. The predicted octanol–water partition coefficient (Wildman–Crippen LogP) is 2.50. The summed E-state index contributed by atoms with van der Waals surface area (Å²) in [6.07, 6.45) is 0.277. The number of hydrogen-bond acceptors (Lipinski definition) is 4. The molecule has 2 N–H and O–H groups in total. The maximum Gasteiger partial charge on any atom is 0.271 e. The molecule has 1 aromatic heterocycles. The topological polar surface area (TPSA) is 66.4 Å². The van der Waals surface area contributed by atoms with Crippen LogP contribution in [-0.2, 0) is 16.4 Å². The van der Waals surface area contributed by atoms with E-state index < -0.39 is 33.2 Å². The van der Waals surface area contributed by atoms with E-state index in [1.54, 1.807) is 4.72 Å². The molecule has 0 spiro atoms. The first kappa shape index (κ1) is 15.8. The van der Waals surface area contributed by atoms with E-state index >= 15 is 0 Å². The zero-order valence-electron chi connectivity index (χ0n) is 10.4. The Kier molecular flexibility index (Phi) is 4.55. The van der Waals surface area contributed by atoms with Crippen molar-refractivity contribution >= 4 is 27.0 Å². The first-order valence-electron chi connectivity index (χ1n) is 5.70. The van der Waals surface area contributed by atoms with Gasteiger partial charge in [0.2, 0.25) is 0 Å². The van der Waals surface area contributed by atoms with Crippen LogP contribution in [0, 0.1) is 17.5 Å². The van der Waals surface area contributed by atoms with Crippen molar-refractivity contribution in [3.63, 3.8) is 0 Å². The first-order chi connectivity index (χ1) is 9.83. The molecule has 0 aliphatic rings. The van der Waals surface area contributed by atoms with Crippen LogP contribution in [0.25, 0.3) is 0 Å². The number of hydrogen-bond donors (Lipinski definition) is 2. The van der Waals surface area contributed by atoms with Gasteiger partial charge in [0.15, 0.2) is 11.6 Å². The number of halogens is 3. The lowest BCUT2D eigenvalue weighted by atomic mass is 10.3. The van der Waals surface area contributed by atoms with Gasteiger partial charge < -0.3 is 5.11 Å². The molecule has 0 atom stereocenters. The second kappa shape index (κ2) is 6.04. The number of anilines is 1. The zero-order chi connectivity index (χ0) is 15.6. The van der Waals surface area contributed by atoms with Crippen molar-refractivity contribution in [2.24, 2.45) is 0 Å². The number of aliphatic hydroxyl groups is 1. The van der Waals surface area contributed by atoms with Crippen molar-refractivity contribution in [1.29, 1.82) is 0 Å². The summed E-state index contributed by atoms with van der Waals surface area (Å²) in [7, 11) is -4.18. The maximum atomic E-state index is 13.4. The van der Waals surface area contributed by atoms with Crippen LogP contribution in [0.3, 0.4) is 0 Å². The van der Waals surface area contributed by atoms with Crippen LogP contribution < -0.4 is 4.72 Å². The molecule has 0 bridgehead atoms. The Balaban J connectivity index is 2.33. The van der Waals surface area contributed by atoms with E-state index in [0.29, 0.717) is 17.0 Å². The van der Waals surface area contributed by atoms with Crippen molar-refractivity contribution in [1.82, 2.24) is 0 Å². The molecule has 0 saturated carbocycles. The van der Waals surface area contributed by atoms with Gasteiger partial charge in [0.25, 0.3) is 10.0 Å². The maximum absolute atomic E-state index is 13.4. The van der Waals surface area contributed by atoms with Crippen LogP contribution in [0.4, 0.5) is 18.9 Å². The van der Waals surface area contributed by atoms with Gasteiger partial charge in [0, 0.05) is 30.0 Å². The number of aliphatic hydroxyl groups excluding tert-OH is 1. The van der Waals surface area contributed by atoms with E-state index in [-0.39, 0.29) is 17.2 Å². The summed E-state index contributed by atoms with van der Waals surface area (Å²) in [5.74, 6) is -3.83. The van der Waals surface area contributed by atoms with E-state index in [1.165, 1.54) is 12.1 Å². The number of rotatable bonds is 5. The van der Waals surface area contributed by atoms with Crippen LogP contribution in [0.15, 0.2) is 28.5 Å². The minimum atomic E-state index is -4.18. The molecule has 0 aliphatic carbocycles. The summed E-state index contributed by atoms with van der Waals surface area (Å²) >= 11 is 0.869. The molecule has 2 aromatic rings. The Morgan fingerprint density at radius 3 is 2.33 bits per heavy atom. The van der Waals surface area contributed by atoms with E-state index in [9.17, 15) is 21.6 Å². The van der Waals surface area contributed by atoms with Gasteiger partial charge in [0.1, 0.15) is 15.7 Å². The van der Waals surface area contributed by atoms with Crippen molar-refractivity contribution in [2.45, 2.75) is 10.6 Å². The van der Waals surface area contributed by atoms with Crippen molar-refractivity contribution < 1.29 is 26.7 Å². The molecule has 0 amide bonds. The second-order valence-electron chi connectivity index (χ2n) is 4.04. The molecule has 2 rings (SSSR count). The fourth-order valence-corrected chi connectivity index (χ4v) is 3.99. The fourth-order valence-electron chi connectivity index (χ4n) is 1.57. The molecular formula is C12H10F3NO3S2. The van der Waals surface area contributed by atoms with E-state index in [0.717, 1.165) is 11.3 Å². The fraction of sp³-hybridized carbons (Fsp3) is 0.167. The highest BCUT2D eigenvalue weighted by atomic mass is 32.2. The highest BCUT2D eigenvalue weighted by Gasteiger charge is 2.21. The van der Waals surface area contributed by atoms with Gasteiger partial charge in [-0.2, -0.15) is 0 Å². The molecule has 4 nitrogen and oxygen atoms in total. The van der Waals surface area contributed by atoms with Crippen LogP contribution in [-0.4, -0.2) is 20.1 Å². The van der Waals surface area contributed by atoms with Gasteiger partial charge >= 0.3 is 0 Å². The second-order valence-corrected chi connectivity index (χ2v) is 7.12. The highest BCUT2D eigenvalue weighted by Crippen LogP contribution is 2.27. The summed E-state index contributed by atoms with van der Waals surface area (Å²) in [6.45, 7) is -0.144. The smallest absolute Gasteiger partial charge is 0.271 e. The molecule has 0 saturated heterocycles. The average molecular weight is 337 g/mol. The van der Waals surface area contributed by atoms with Crippen LogP contribution in [0.1, 0.15) is 4.88 Å². The molecule has 114 valence electrons. The van der Waals surface area contributed by atoms with E-state index in [4.69, 9.17) is 5.11 Å². The van der Waals surface area contributed by atoms with Crippen LogP contribution in [0.5, 0.6) is 0 Å². The van der Waals surface area contributed by atoms with Gasteiger partial charge in [-0.15, -0.1) is 11.3 Å². The standard InChI is InChI=1S/C12H10F3NO3S2/c13-7-5-9(14)12(10(15)6-7)16-21(18,19)11-2-1-8(20-11)3-4-17/h1-2,5-6,16-17H,3-4H2. The number of thiophene rings is 1. The Hall–Kier alpha value is -1.58. The zero-order valence-corrected chi connectivity index (χ0v) is 12.1. The number of nitrogens with one attached hydrogen (secondary N) is 1. The van der Waals surface area contributed by atoms with Crippen LogP contribution >= 0.6 is 11.3 Å². The third-order valence-electron chi connectivity index (χ3n) is 2.50. The summed E-state index contributed by atoms with van der Waals surface area (Å²) in [6, 6.07) is 3.52. The Morgan fingerprint density at radius 1 is 1.14 bits per heavy atom. The summed E-state index contributed by atoms with van der Waals surface area (Å²) in [5.41, 5.74) is -0.937. The summed E-state index contributed by atoms with van der Waals surface area (Å²) in [4.78, 5) is 0.609. The monoisotopic (exact) mass is 337 g/mol. The Labute approximate surface area is 122 Å². The minimum Gasteiger partial charge on any atom is -0.396 e. The third-order valence-corrected chi connectivity index (χ3v) is 5.49. The molecular weight excluding hydrogens is 327 g/mol. The minimum absolute atomic E-state index is 0.144. The van der Waals surface area contributed by atoms with E-state index in [1.807, 2.05) is 0 Å². The van der Waals surface area contributed by atoms with Crippen molar-refractivity contribution in [2.75, 3.05) is 11.3 Å². The van der Waals surface area contributed by atoms with Crippen LogP contribution in [0.2, 0.25) is 0 Å². The highest BCUT2D eigenvalue weighted by molar-refractivity contribution is 7.94. The average Bonchev–Trinajstić information content (AvgIpc) is 2.84. The Bertz CT molecular complexity index is 736. The lowest BCUT2D eigenvalue weighted by Gasteiger charge is -2.08. The normalized spacial score (nSPS) is 11.6. The molecule has 9 heteroatoms. The van der Waals surface area contributed by atoms with Crippen molar-refractivity contribution in [3.8, 4) is 0 Å². The molecule has 1 aromatic carbocycles. The van der Waals surface area contributed by atoms with Gasteiger partial charge in [-0.25, -0.2) is 21.6 Å². The SMILES string of the molecule is O=S(=O)(Nc1c(F)cc(F)cc1F)c1ccc(CCO)s1. The lowest BCUT2D eigenvalue weighted by Crippen LogP contribution is -2.14. The van der Waals surface area contributed by atoms with Gasteiger partial charge in [0.05, 0.1) is 0 Å². The molecule has 21 heavy (non-hydrogen) atoms. The molecule has 0 fully saturated rings.